The van der Waals surface area contributed by atoms with E-state index in [0.717, 1.165) is 22.2 Å². The molecule has 2 aliphatic heterocycles. The minimum Gasteiger partial charge on any atom is -0.495 e. The number of aryl methyl sites for hydroxylation is 1. The number of methoxy groups -OCH3 is 1. The van der Waals surface area contributed by atoms with Crippen LogP contribution in [0.4, 0.5) is 5.69 Å². The summed E-state index contributed by atoms with van der Waals surface area (Å²) in [6.45, 7) is 1.96. The van der Waals surface area contributed by atoms with Crippen LogP contribution in [0.15, 0.2) is 40.3 Å². The van der Waals surface area contributed by atoms with E-state index >= 15 is 0 Å². The first kappa shape index (κ1) is 25.7. The summed E-state index contributed by atoms with van der Waals surface area (Å²) < 4.78 is 29.1. The van der Waals surface area contributed by atoms with Crippen molar-refractivity contribution in [2.45, 2.75) is 19.4 Å². The number of anilines is 1. The molecule has 0 aliphatic carbocycles. The normalized spacial score (nSPS) is 20.4. The Morgan fingerprint density at radius 1 is 1.40 bits per heavy atom. The van der Waals surface area contributed by atoms with Crippen LogP contribution in [-0.4, -0.2) is 67.8 Å². The molecular weight excluding hydrogens is 530 g/mol. The van der Waals surface area contributed by atoms with E-state index in [9.17, 15) is 18.0 Å². The molecule has 12 heteroatoms. The van der Waals surface area contributed by atoms with Gasteiger partial charge in [-0.3, -0.25) is 9.59 Å². The molecule has 3 heterocycles. The molecule has 2 amide bonds. The van der Waals surface area contributed by atoms with Crippen molar-refractivity contribution in [2.24, 2.45) is 4.99 Å². The highest BCUT2D eigenvalue weighted by Crippen LogP contribution is 2.37. The van der Waals surface area contributed by atoms with Crippen LogP contribution in [0.1, 0.15) is 16.9 Å². The molecule has 35 heavy (non-hydrogen) atoms. The van der Waals surface area contributed by atoms with Crippen molar-refractivity contribution in [3.8, 4) is 5.75 Å². The Morgan fingerprint density at radius 2 is 2.17 bits per heavy atom. The van der Waals surface area contributed by atoms with E-state index in [4.69, 9.17) is 16.3 Å². The lowest BCUT2D eigenvalue weighted by molar-refractivity contribution is -0.128. The smallest absolute Gasteiger partial charge is 0.283 e. The van der Waals surface area contributed by atoms with Crippen LogP contribution in [0.25, 0.3) is 6.08 Å². The molecule has 0 N–H and O–H groups in total. The number of aliphatic imine (C=N–C) groups is 1. The molecule has 0 saturated carbocycles. The summed E-state index contributed by atoms with van der Waals surface area (Å²) in [7, 11) is -0.00749. The van der Waals surface area contributed by atoms with Crippen LogP contribution in [0.3, 0.4) is 0 Å². The lowest BCUT2D eigenvalue weighted by Crippen LogP contribution is -2.39. The highest BCUT2D eigenvalue weighted by molar-refractivity contribution is 8.14. The van der Waals surface area contributed by atoms with Gasteiger partial charge in [-0.15, -0.1) is 11.3 Å². The number of sulfone groups is 1. The van der Waals surface area contributed by atoms with Gasteiger partial charge in [0.05, 0.1) is 30.1 Å². The quantitative estimate of drug-likeness (QED) is 0.504. The number of rotatable bonds is 6. The molecule has 1 atom stereocenters. The average Bonchev–Trinajstić information content (AvgIpc) is 3.48. The van der Waals surface area contributed by atoms with E-state index in [-0.39, 0.29) is 40.8 Å². The minimum absolute atomic E-state index is 0.0101. The number of thioether (sulfide) groups is 1. The Labute approximate surface area is 217 Å². The third kappa shape index (κ3) is 5.58. The summed E-state index contributed by atoms with van der Waals surface area (Å²) in [5.41, 5.74) is 1.69. The maximum atomic E-state index is 13.5. The maximum Gasteiger partial charge on any atom is 0.283 e. The fourth-order valence-electron chi connectivity index (χ4n) is 3.81. The van der Waals surface area contributed by atoms with Crippen LogP contribution in [0.2, 0.25) is 5.02 Å². The van der Waals surface area contributed by atoms with Gasteiger partial charge < -0.3 is 9.64 Å². The van der Waals surface area contributed by atoms with Gasteiger partial charge in [0.15, 0.2) is 15.0 Å². The monoisotopic (exact) mass is 553 g/mol. The van der Waals surface area contributed by atoms with E-state index in [1.165, 1.54) is 28.2 Å². The fraction of sp³-hybridized carbons (Fsp3) is 0.348. The van der Waals surface area contributed by atoms with Crippen molar-refractivity contribution in [3.63, 3.8) is 0 Å². The van der Waals surface area contributed by atoms with Crippen molar-refractivity contribution in [2.75, 3.05) is 36.3 Å². The summed E-state index contributed by atoms with van der Waals surface area (Å²) in [6.07, 6.45) is 2.16. The summed E-state index contributed by atoms with van der Waals surface area (Å²) in [6, 6.07) is 6.56. The third-order valence-electron chi connectivity index (χ3n) is 5.86. The number of nitrogens with zero attached hydrogens (tertiary/aromatic N) is 3. The number of carbonyl (C=O) groups excluding carboxylic acids is 2. The zero-order chi connectivity index (χ0) is 25.3. The number of thiophene rings is 1. The van der Waals surface area contributed by atoms with Gasteiger partial charge in [-0.1, -0.05) is 23.4 Å². The molecule has 2 aliphatic rings. The molecule has 1 aromatic heterocycles. The average molecular weight is 554 g/mol. The van der Waals surface area contributed by atoms with Crippen molar-refractivity contribution >= 4 is 73.3 Å². The fourth-order valence-corrected chi connectivity index (χ4v) is 7.54. The molecule has 1 fully saturated rings. The van der Waals surface area contributed by atoms with E-state index < -0.39 is 9.84 Å². The van der Waals surface area contributed by atoms with E-state index in [2.05, 4.69) is 4.99 Å². The van der Waals surface area contributed by atoms with Crippen molar-refractivity contribution in [1.29, 1.82) is 0 Å². The summed E-state index contributed by atoms with van der Waals surface area (Å²) in [4.78, 5) is 34.7. The first-order chi connectivity index (χ1) is 16.6. The minimum atomic E-state index is -3.11. The number of amidine groups is 1. The van der Waals surface area contributed by atoms with Gasteiger partial charge >= 0.3 is 0 Å². The summed E-state index contributed by atoms with van der Waals surface area (Å²) >= 11 is 8.84. The molecular formula is C23H24ClN3O5S3. The topological polar surface area (TPSA) is 96.3 Å². The van der Waals surface area contributed by atoms with Gasteiger partial charge in [-0.05, 0) is 54.6 Å². The molecule has 8 nitrogen and oxygen atoms in total. The Balaban J connectivity index is 1.62. The van der Waals surface area contributed by atoms with E-state index in [0.29, 0.717) is 28.0 Å². The summed E-state index contributed by atoms with van der Waals surface area (Å²) in [5.74, 6) is -0.116. The zero-order valence-electron chi connectivity index (χ0n) is 19.4. The van der Waals surface area contributed by atoms with Crippen LogP contribution < -0.4 is 9.64 Å². The van der Waals surface area contributed by atoms with Crippen molar-refractivity contribution in [3.05, 3.63) is 50.8 Å². The highest BCUT2D eigenvalue weighted by Gasteiger charge is 2.36. The van der Waals surface area contributed by atoms with Crippen molar-refractivity contribution in [1.82, 2.24) is 4.90 Å². The van der Waals surface area contributed by atoms with Gasteiger partial charge in [-0.25, -0.2) is 18.3 Å². The second kappa shape index (κ2) is 10.3. The molecule has 186 valence electrons. The summed E-state index contributed by atoms with van der Waals surface area (Å²) in [5, 5.41) is 2.68. The number of ether oxygens (including phenoxy) is 1. The second-order valence-corrected chi connectivity index (χ2v) is 12.8. The molecule has 1 aromatic carbocycles. The number of hydrogen-bond acceptors (Lipinski definition) is 8. The highest BCUT2D eigenvalue weighted by atomic mass is 35.5. The number of benzene rings is 1. The molecule has 4 rings (SSSR count). The largest absolute Gasteiger partial charge is 0.495 e. The van der Waals surface area contributed by atoms with Crippen LogP contribution in [-0.2, 0) is 19.4 Å². The van der Waals surface area contributed by atoms with E-state index in [1.807, 2.05) is 18.4 Å². The zero-order valence-corrected chi connectivity index (χ0v) is 22.6. The van der Waals surface area contributed by atoms with Gasteiger partial charge in [0, 0.05) is 23.0 Å². The Bertz CT molecular complexity index is 1340. The van der Waals surface area contributed by atoms with Gasteiger partial charge in [-0.2, -0.15) is 0 Å². The van der Waals surface area contributed by atoms with Crippen molar-refractivity contribution < 1.29 is 22.7 Å². The number of amides is 2. The standard InChI is InChI=1S/C23H24ClN3O5S3/c1-14-6-8-33-20(14)11-17-22(29)27(18-10-15(24)4-5-19(18)32-3)23(25-17)34-12-21(28)26(2)16-7-9-35(30,31)13-16/h4-6,8,10-11,16H,7,9,12-13H2,1-3H3/b17-11+/t16-/m1/s1. The van der Waals surface area contributed by atoms with E-state index in [1.54, 1.807) is 31.3 Å². The number of hydrogen-bond donors (Lipinski definition) is 0. The Hall–Kier alpha value is -2.34. The second-order valence-electron chi connectivity index (χ2n) is 8.20. The molecule has 1 saturated heterocycles. The predicted molar refractivity (Wildman–Crippen MR) is 142 cm³/mol. The molecule has 0 unspecified atom stereocenters. The number of halogens is 1. The Morgan fingerprint density at radius 3 is 2.80 bits per heavy atom. The van der Waals surface area contributed by atoms with Gasteiger partial charge in [0.1, 0.15) is 11.4 Å². The molecule has 0 radical (unpaired) electrons. The first-order valence-corrected chi connectivity index (χ1v) is 14.8. The van der Waals surface area contributed by atoms with Gasteiger partial charge in [0.2, 0.25) is 5.91 Å². The molecule has 2 aromatic rings. The SMILES string of the molecule is COc1ccc(Cl)cc1N1C(=O)/C(=C\c2sccc2C)N=C1SCC(=O)N(C)[C@@H]1CCS(=O)(=O)C1. The maximum absolute atomic E-state index is 13.5. The van der Waals surface area contributed by atoms with Crippen LogP contribution in [0.5, 0.6) is 5.75 Å². The predicted octanol–water partition coefficient (Wildman–Crippen LogP) is 3.84. The lowest BCUT2D eigenvalue weighted by Gasteiger charge is -2.24. The van der Waals surface area contributed by atoms with Gasteiger partial charge in [0.25, 0.3) is 5.91 Å². The van der Waals surface area contributed by atoms with Crippen LogP contribution in [0, 0.1) is 6.92 Å². The van der Waals surface area contributed by atoms with Crippen LogP contribution >= 0.6 is 34.7 Å². The molecule has 0 bridgehead atoms. The lowest BCUT2D eigenvalue weighted by atomic mass is 10.2. The third-order valence-corrected chi connectivity index (χ3v) is 9.73. The first-order valence-electron chi connectivity index (χ1n) is 10.7. The Kier molecular flexibility index (Phi) is 7.60. The number of carbonyl (C=O) groups is 2. The molecule has 0 spiro atoms.